The minimum Gasteiger partial charge on any atom is -0.395 e. The molecule has 0 aliphatic rings. The Morgan fingerprint density at radius 2 is 1.14 bits per heavy atom. The molecule has 4 aromatic carbocycles. The van der Waals surface area contributed by atoms with Crippen LogP contribution < -0.4 is 4.72 Å². The van der Waals surface area contributed by atoms with Gasteiger partial charge in [0.1, 0.15) is 18.3 Å². The molecule has 4 atom stereocenters. The van der Waals surface area contributed by atoms with Crippen molar-refractivity contribution >= 4 is 10.0 Å². The van der Waals surface area contributed by atoms with Crippen molar-refractivity contribution in [3.05, 3.63) is 138 Å². The van der Waals surface area contributed by atoms with E-state index in [1.54, 1.807) is 12.1 Å². The lowest BCUT2D eigenvalue weighted by Gasteiger charge is -2.35. The minimum absolute atomic E-state index is 0.0480. The second kappa shape index (κ2) is 16.4. The zero-order valence-electron chi connectivity index (χ0n) is 24.2. The van der Waals surface area contributed by atoms with Gasteiger partial charge in [-0.25, -0.2) is 13.1 Å². The molecule has 3 N–H and O–H groups in total. The quantitative estimate of drug-likeness (QED) is 0.164. The van der Waals surface area contributed by atoms with Crippen LogP contribution in [0.25, 0.3) is 0 Å². The zero-order chi connectivity index (χ0) is 30.5. The van der Waals surface area contributed by atoms with Crippen LogP contribution in [0.1, 0.15) is 22.3 Å². The van der Waals surface area contributed by atoms with E-state index in [2.05, 4.69) is 4.72 Å². The Balaban J connectivity index is 1.61. The summed E-state index contributed by atoms with van der Waals surface area (Å²) in [5.74, 6) is 0. The van der Waals surface area contributed by atoms with E-state index in [0.717, 1.165) is 22.3 Å². The molecule has 4 rings (SSSR count). The number of hydrogen-bond acceptors (Lipinski definition) is 7. The number of aryl methyl sites for hydroxylation is 1. The minimum atomic E-state index is -4.05. The molecule has 0 bridgehead atoms. The monoisotopic (exact) mass is 605 g/mol. The maximum absolute atomic E-state index is 13.4. The Morgan fingerprint density at radius 3 is 1.63 bits per heavy atom. The molecule has 8 nitrogen and oxygen atoms in total. The third-order valence-electron chi connectivity index (χ3n) is 6.90. The van der Waals surface area contributed by atoms with Crippen molar-refractivity contribution in [2.24, 2.45) is 0 Å². The molecule has 0 unspecified atom stereocenters. The molecule has 43 heavy (non-hydrogen) atoms. The highest BCUT2D eigenvalue weighted by atomic mass is 32.2. The Hall–Kier alpha value is -3.41. The summed E-state index contributed by atoms with van der Waals surface area (Å²) in [4.78, 5) is 0.0480. The van der Waals surface area contributed by atoms with Crippen molar-refractivity contribution < 1.29 is 32.8 Å². The first kappa shape index (κ1) is 32.5. The van der Waals surface area contributed by atoms with Gasteiger partial charge in [-0.2, -0.15) is 0 Å². The van der Waals surface area contributed by atoms with Gasteiger partial charge in [0.25, 0.3) is 0 Å². The largest absolute Gasteiger partial charge is 0.395 e. The highest BCUT2D eigenvalue weighted by Gasteiger charge is 2.38. The number of ether oxygens (including phenoxy) is 3. The molecule has 228 valence electrons. The van der Waals surface area contributed by atoms with Gasteiger partial charge in [0, 0.05) is 0 Å². The van der Waals surface area contributed by atoms with Gasteiger partial charge in [-0.1, -0.05) is 109 Å². The van der Waals surface area contributed by atoms with Gasteiger partial charge in [0.2, 0.25) is 10.0 Å². The number of aliphatic hydroxyl groups excluding tert-OH is 2. The summed E-state index contributed by atoms with van der Waals surface area (Å²) in [6.45, 7) is 1.63. The summed E-state index contributed by atoms with van der Waals surface area (Å²) >= 11 is 0. The maximum Gasteiger partial charge on any atom is 0.240 e. The van der Waals surface area contributed by atoms with Gasteiger partial charge in [0.05, 0.1) is 44.0 Å². The predicted octanol–water partition coefficient (Wildman–Crippen LogP) is 4.38. The van der Waals surface area contributed by atoms with Gasteiger partial charge in [-0.05, 0) is 35.7 Å². The smallest absolute Gasteiger partial charge is 0.240 e. The molecule has 0 saturated carbocycles. The maximum atomic E-state index is 13.4. The van der Waals surface area contributed by atoms with Crippen LogP contribution in [0.5, 0.6) is 0 Å². The van der Waals surface area contributed by atoms with E-state index < -0.39 is 41.0 Å². The number of sulfonamides is 1. The van der Waals surface area contributed by atoms with Crippen LogP contribution >= 0.6 is 0 Å². The third kappa shape index (κ3) is 10.1. The summed E-state index contributed by atoms with van der Waals surface area (Å²) < 4.78 is 47.8. The van der Waals surface area contributed by atoms with Crippen molar-refractivity contribution in [2.75, 3.05) is 13.2 Å². The summed E-state index contributed by atoms with van der Waals surface area (Å²) in [7, 11) is -4.05. The fraction of sp³-hybridized carbons (Fsp3) is 0.294. The fourth-order valence-electron chi connectivity index (χ4n) is 4.56. The van der Waals surface area contributed by atoms with Crippen molar-refractivity contribution in [1.82, 2.24) is 4.72 Å². The first-order valence-corrected chi connectivity index (χ1v) is 15.6. The molecule has 9 heteroatoms. The Morgan fingerprint density at radius 1 is 0.674 bits per heavy atom. The summed E-state index contributed by atoms with van der Waals surface area (Å²) in [5.41, 5.74) is 3.54. The number of nitrogens with one attached hydrogen (secondary N) is 1. The van der Waals surface area contributed by atoms with E-state index >= 15 is 0 Å². The first-order chi connectivity index (χ1) is 20.9. The molecule has 0 spiro atoms. The zero-order valence-corrected chi connectivity index (χ0v) is 25.0. The topological polar surface area (TPSA) is 114 Å². The number of aliphatic hydroxyl groups is 2. The predicted molar refractivity (Wildman–Crippen MR) is 165 cm³/mol. The molecule has 0 aromatic heterocycles. The molecule has 0 heterocycles. The van der Waals surface area contributed by atoms with Crippen LogP contribution in [0.3, 0.4) is 0 Å². The molecule has 0 aliphatic heterocycles. The highest BCUT2D eigenvalue weighted by molar-refractivity contribution is 7.89. The highest BCUT2D eigenvalue weighted by Crippen LogP contribution is 2.21. The van der Waals surface area contributed by atoms with E-state index in [9.17, 15) is 18.6 Å². The molecule has 0 saturated heterocycles. The van der Waals surface area contributed by atoms with Gasteiger partial charge in [-0.3, -0.25) is 0 Å². The third-order valence-corrected chi connectivity index (χ3v) is 8.41. The summed E-state index contributed by atoms with van der Waals surface area (Å²) in [6, 6.07) is 33.6. The summed E-state index contributed by atoms with van der Waals surface area (Å²) in [6.07, 6.45) is -3.38. The standard InChI is InChI=1S/C34H39NO7S/c1-26-17-19-30(20-18-26)43(38,39)35-31(21-36)33(41-23-28-13-7-3-8-14-28)34(42-24-29-15-9-4-10-16-29)32(37)25-40-22-27-11-5-2-6-12-27/h2-20,31-37H,21-25H2,1H3/t31-,32+,33+,34+/m1/s1. The Kier molecular flexibility index (Phi) is 12.4. The lowest BCUT2D eigenvalue weighted by Crippen LogP contribution is -2.56. The van der Waals surface area contributed by atoms with E-state index in [1.807, 2.05) is 97.9 Å². The van der Waals surface area contributed by atoms with Gasteiger partial charge >= 0.3 is 0 Å². The van der Waals surface area contributed by atoms with Crippen molar-refractivity contribution in [3.8, 4) is 0 Å². The van der Waals surface area contributed by atoms with Crippen molar-refractivity contribution in [1.29, 1.82) is 0 Å². The van der Waals surface area contributed by atoms with Crippen molar-refractivity contribution in [2.45, 2.75) is 56.0 Å². The average molecular weight is 606 g/mol. The summed E-state index contributed by atoms with van der Waals surface area (Å²) in [5, 5.41) is 21.9. The molecule has 0 radical (unpaired) electrons. The van der Waals surface area contributed by atoms with E-state index in [1.165, 1.54) is 12.1 Å². The van der Waals surface area contributed by atoms with Crippen LogP contribution in [-0.2, 0) is 44.1 Å². The van der Waals surface area contributed by atoms with Crippen LogP contribution in [-0.4, -0.2) is 56.2 Å². The number of rotatable bonds is 17. The van der Waals surface area contributed by atoms with Crippen molar-refractivity contribution in [3.63, 3.8) is 0 Å². The lowest BCUT2D eigenvalue weighted by atomic mass is 10.0. The van der Waals surface area contributed by atoms with Crippen LogP contribution in [0, 0.1) is 6.92 Å². The SMILES string of the molecule is Cc1ccc(S(=O)(=O)N[C@H](CO)[C@H](OCc2ccccc2)[C@@H](OCc2ccccc2)[C@@H](O)COCc2ccccc2)cc1. The van der Waals surface area contributed by atoms with Gasteiger partial charge in [0.15, 0.2) is 0 Å². The van der Waals surface area contributed by atoms with Crippen LogP contribution in [0.2, 0.25) is 0 Å². The normalized spacial score (nSPS) is 14.6. The second-order valence-electron chi connectivity index (χ2n) is 10.3. The van der Waals surface area contributed by atoms with E-state index in [4.69, 9.17) is 14.2 Å². The van der Waals surface area contributed by atoms with Gasteiger partial charge < -0.3 is 24.4 Å². The Bertz CT molecular complexity index is 1450. The first-order valence-electron chi connectivity index (χ1n) is 14.2. The van der Waals surface area contributed by atoms with E-state index in [0.29, 0.717) is 0 Å². The number of benzene rings is 4. The molecular formula is C34H39NO7S. The van der Waals surface area contributed by atoms with Crippen LogP contribution in [0.15, 0.2) is 120 Å². The molecule has 0 amide bonds. The van der Waals surface area contributed by atoms with E-state index in [-0.39, 0.29) is 31.3 Å². The Labute approximate surface area is 253 Å². The van der Waals surface area contributed by atoms with Crippen LogP contribution in [0.4, 0.5) is 0 Å². The average Bonchev–Trinajstić information content (AvgIpc) is 3.03. The van der Waals surface area contributed by atoms with Gasteiger partial charge in [-0.15, -0.1) is 0 Å². The lowest BCUT2D eigenvalue weighted by molar-refractivity contribution is -0.157. The number of hydrogen-bond donors (Lipinski definition) is 3. The molecule has 4 aromatic rings. The second-order valence-corrected chi connectivity index (χ2v) is 12.0. The molecule has 0 fully saturated rings. The molecule has 0 aliphatic carbocycles. The molecular weight excluding hydrogens is 566 g/mol. The fourth-order valence-corrected chi connectivity index (χ4v) is 5.80.